The van der Waals surface area contributed by atoms with E-state index in [-0.39, 0.29) is 47.9 Å². The van der Waals surface area contributed by atoms with Crippen LogP contribution in [0.15, 0.2) is 52.6 Å². The Morgan fingerprint density at radius 3 is 2.71 bits per heavy atom. The molecule has 2 aliphatic heterocycles. The number of thioether (sulfide) groups is 1. The predicted molar refractivity (Wildman–Crippen MR) is 112 cm³/mol. The smallest absolute Gasteiger partial charge is 0.357 e. The van der Waals surface area contributed by atoms with Gasteiger partial charge in [-0.2, -0.15) is 5.26 Å². The van der Waals surface area contributed by atoms with E-state index in [2.05, 4.69) is 0 Å². The van der Waals surface area contributed by atoms with E-state index in [1.807, 2.05) is 36.4 Å². The summed E-state index contributed by atoms with van der Waals surface area (Å²) in [5.41, 5.74) is 0.611. The van der Waals surface area contributed by atoms with Gasteiger partial charge >= 0.3 is 11.9 Å². The van der Waals surface area contributed by atoms with Crippen LogP contribution in [0.5, 0.6) is 5.75 Å². The average Bonchev–Trinajstić information content (AvgIpc) is 3.34. The number of esters is 1. The van der Waals surface area contributed by atoms with E-state index in [9.17, 15) is 19.5 Å². The summed E-state index contributed by atoms with van der Waals surface area (Å²) in [4.78, 5) is 37.8. The lowest BCUT2D eigenvalue weighted by Gasteiger charge is -2.41. The number of carbonyl (C=O) groups is 3. The topological polar surface area (TPSA) is 117 Å². The van der Waals surface area contributed by atoms with Crippen LogP contribution < -0.4 is 4.74 Å². The van der Waals surface area contributed by atoms with E-state index in [0.717, 1.165) is 17.3 Å². The molecule has 158 valence electrons. The van der Waals surface area contributed by atoms with Crippen molar-refractivity contribution in [2.45, 2.75) is 18.2 Å². The summed E-state index contributed by atoms with van der Waals surface area (Å²) in [6.07, 6.45) is 0.434. The minimum Gasteiger partial charge on any atom is -0.476 e. The number of nitriles is 1. The Balaban J connectivity index is 1.36. The van der Waals surface area contributed by atoms with Gasteiger partial charge in [-0.15, -0.1) is 11.3 Å². The summed E-state index contributed by atoms with van der Waals surface area (Å²) < 4.78 is 10.9. The first-order valence-corrected chi connectivity index (χ1v) is 11.1. The Morgan fingerprint density at radius 1 is 1.23 bits per heavy atom. The van der Waals surface area contributed by atoms with Crippen molar-refractivity contribution in [3.8, 4) is 11.8 Å². The highest BCUT2D eigenvalue weighted by Crippen LogP contribution is 2.51. The first-order chi connectivity index (χ1) is 15.0. The number of hydrogen-bond donors (Lipinski definition) is 1. The average molecular weight is 457 g/mol. The molecule has 0 bridgehead atoms. The lowest BCUT2D eigenvalue weighted by Crippen LogP contribution is -2.57. The molecule has 2 aromatic rings. The van der Waals surface area contributed by atoms with Gasteiger partial charge < -0.3 is 14.6 Å². The zero-order valence-corrected chi connectivity index (χ0v) is 17.6. The first kappa shape index (κ1) is 21.0. The highest BCUT2D eigenvalue weighted by molar-refractivity contribution is 8.03. The molecule has 2 atom stereocenters. The zero-order valence-electron chi connectivity index (χ0n) is 16.0. The zero-order chi connectivity index (χ0) is 22.0. The molecule has 0 aliphatic carbocycles. The summed E-state index contributed by atoms with van der Waals surface area (Å²) in [6, 6.07) is 12.8. The fourth-order valence-corrected chi connectivity index (χ4v) is 5.35. The molecule has 1 N–H and O–H groups in total. The van der Waals surface area contributed by atoms with E-state index in [4.69, 9.17) is 14.7 Å². The molecule has 0 unspecified atom stereocenters. The number of fused-ring (bicyclic) bond motifs is 1. The van der Waals surface area contributed by atoms with E-state index < -0.39 is 17.3 Å². The molecular formula is C21H16N2O6S2. The van der Waals surface area contributed by atoms with Crippen molar-refractivity contribution in [1.82, 2.24) is 4.90 Å². The molecular weight excluding hydrogens is 440 g/mol. The lowest BCUT2D eigenvalue weighted by molar-refractivity contribution is -0.154. The molecule has 2 aliphatic rings. The van der Waals surface area contributed by atoms with Gasteiger partial charge in [0, 0.05) is 0 Å². The summed E-state index contributed by atoms with van der Waals surface area (Å²) >= 11 is 2.30. The number of nitrogens with zero attached hydrogens (tertiary/aromatic N) is 2. The Hall–Kier alpha value is -3.29. The van der Waals surface area contributed by atoms with Crippen LogP contribution in [0.4, 0.5) is 0 Å². The first-order valence-electron chi connectivity index (χ1n) is 9.32. The summed E-state index contributed by atoms with van der Waals surface area (Å²) in [5, 5.41) is 20.0. The summed E-state index contributed by atoms with van der Waals surface area (Å²) in [7, 11) is 0. The monoisotopic (exact) mass is 456 g/mol. The molecule has 1 aromatic carbocycles. The van der Waals surface area contributed by atoms with Crippen molar-refractivity contribution in [2.24, 2.45) is 5.92 Å². The SMILES string of the molecule is N#Cc1sccc1OC1=C(C(=O)O)N2C(=O)[C@H](CCOC(=O)Cc3ccccc3)[C@H]2S1. The number of β-lactam (4-membered cyclic amide) rings is 1. The van der Waals surface area contributed by atoms with Gasteiger partial charge in [0.2, 0.25) is 5.91 Å². The van der Waals surface area contributed by atoms with Crippen LogP contribution in [-0.4, -0.2) is 39.8 Å². The second-order valence-corrected chi connectivity index (χ2v) is 8.77. The van der Waals surface area contributed by atoms with E-state index in [0.29, 0.717) is 4.88 Å². The number of rotatable bonds is 8. The third-order valence-electron chi connectivity index (χ3n) is 4.83. The highest BCUT2D eigenvalue weighted by atomic mass is 32.2. The number of thiophene rings is 1. The summed E-state index contributed by atoms with van der Waals surface area (Å²) in [5.74, 6) is -2.24. The Kier molecular flexibility index (Phi) is 5.97. The quantitative estimate of drug-likeness (QED) is 0.476. The van der Waals surface area contributed by atoms with Gasteiger partial charge in [-0.05, 0) is 23.4 Å². The molecule has 1 saturated heterocycles. The van der Waals surface area contributed by atoms with E-state index in [1.165, 1.54) is 16.2 Å². The van der Waals surface area contributed by atoms with Gasteiger partial charge in [0.25, 0.3) is 0 Å². The maximum absolute atomic E-state index is 12.6. The minimum atomic E-state index is -1.28. The molecule has 1 amide bonds. The number of carbonyl (C=O) groups excluding carboxylic acids is 2. The Labute approximate surface area is 185 Å². The van der Waals surface area contributed by atoms with E-state index in [1.54, 1.807) is 11.4 Å². The number of aliphatic carboxylic acids is 1. The van der Waals surface area contributed by atoms with Crippen molar-refractivity contribution < 1.29 is 29.0 Å². The maximum atomic E-state index is 12.6. The molecule has 0 radical (unpaired) electrons. The van der Waals surface area contributed by atoms with Crippen LogP contribution in [0.3, 0.4) is 0 Å². The van der Waals surface area contributed by atoms with Gasteiger partial charge in [0.1, 0.15) is 16.3 Å². The molecule has 10 heteroatoms. The van der Waals surface area contributed by atoms with Gasteiger partial charge in [0.15, 0.2) is 16.5 Å². The van der Waals surface area contributed by atoms with Crippen LogP contribution in [0.2, 0.25) is 0 Å². The van der Waals surface area contributed by atoms with Crippen LogP contribution >= 0.6 is 23.1 Å². The largest absolute Gasteiger partial charge is 0.476 e. The van der Waals surface area contributed by atoms with Gasteiger partial charge in [-0.3, -0.25) is 14.5 Å². The molecule has 0 saturated carbocycles. The molecule has 4 rings (SSSR count). The number of ether oxygens (including phenoxy) is 2. The van der Waals surface area contributed by atoms with Crippen molar-refractivity contribution >= 4 is 40.9 Å². The second kappa shape index (κ2) is 8.83. The number of carboxylic acids is 1. The molecule has 0 spiro atoms. The van der Waals surface area contributed by atoms with Crippen molar-refractivity contribution in [3.05, 3.63) is 63.0 Å². The number of benzene rings is 1. The fraction of sp³-hybridized carbons (Fsp3) is 0.238. The Morgan fingerprint density at radius 2 is 2.00 bits per heavy atom. The lowest BCUT2D eigenvalue weighted by atomic mass is 9.94. The van der Waals surface area contributed by atoms with Crippen LogP contribution in [-0.2, 0) is 25.5 Å². The Bertz CT molecular complexity index is 1100. The fourth-order valence-electron chi connectivity index (χ4n) is 3.36. The highest BCUT2D eigenvalue weighted by Gasteiger charge is 2.56. The molecule has 1 aromatic heterocycles. The van der Waals surface area contributed by atoms with E-state index >= 15 is 0 Å². The summed E-state index contributed by atoms with van der Waals surface area (Å²) in [6.45, 7) is 0.0642. The number of hydrogen-bond acceptors (Lipinski definition) is 8. The van der Waals surface area contributed by atoms with Gasteiger partial charge in [-0.1, -0.05) is 42.1 Å². The molecule has 31 heavy (non-hydrogen) atoms. The normalized spacial score (nSPS) is 19.5. The van der Waals surface area contributed by atoms with Crippen molar-refractivity contribution in [3.63, 3.8) is 0 Å². The molecule has 8 nitrogen and oxygen atoms in total. The number of amides is 1. The minimum absolute atomic E-state index is 0.0642. The standard InChI is InChI=1S/C21H16N2O6S2/c22-11-15-14(7-9-30-15)29-21-17(20(26)27)23-18(25)13(19(23)31-21)6-8-28-16(24)10-12-4-2-1-3-5-12/h1-5,7,9,13,19H,6,8,10H2,(H,26,27)/t13-,19+/m0/s1. The number of carboxylic acid groups (broad SMARTS) is 1. The van der Waals surface area contributed by atoms with Crippen LogP contribution in [0, 0.1) is 17.2 Å². The molecule has 1 fully saturated rings. The van der Waals surface area contributed by atoms with Gasteiger partial charge in [-0.25, -0.2) is 4.79 Å². The molecule has 3 heterocycles. The van der Waals surface area contributed by atoms with Crippen molar-refractivity contribution in [1.29, 1.82) is 5.26 Å². The van der Waals surface area contributed by atoms with Crippen LogP contribution in [0.25, 0.3) is 0 Å². The predicted octanol–water partition coefficient (Wildman–Crippen LogP) is 2.96. The second-order valence-electron chi connectivity index (χ2n) is 6.76. The van der Waals surface area contributed by atoms with Crippen molar-refractivity contribution in [2.75, 3.05) is 6.61 Å². The van der Waals surface area contributed by atoms with Gasteiger partial charge in [0.05, 0.1) is 18.9 Å². The third kappa shape index (κ3) is 4.15. The maximum Gasteiger partial charge on any atom is 0.357 e. The van der Waals surface area contributed by atoms with Crippen LogP contribution in [0.1, 0.15) is 16.9 Å². The third-order valence-corrected chi connectivity index (χ3v) is 6.91.